The van der Waals surface area contributed by atoms with Crippen LogP contribution in [0.3, 0.4) is 0 Å². The number of piperidine rings is 1. The van der Waals surface area contributed by atoms with E-state index in [-0.39, 0.29) is 29.9 Å². The minimum Gasteiger partial charge on any atom is -0.361 e. The van der Waals surface area contributed by atoms with Crippen molar-refractivity contribution in [3.8, 4) is 0 Å². The molecular weight excluding hydrogens is 683 g/mol. The summed E-state index contributed by atoms with van der Waals surface area (Å²) in [6.45, 7) is 12.9. The van der Waals surface area contributed by atoms with Crippen LogP contribution in [0.15, 0.2) is 60.7 Å². The van der Waals surface area contributed by atoms with E-state index in [1.54, 1.807) is 6.92 Å². The molecule has 296 valence electrons. The molecule has 0 saturated carbocycles. The van der Waals surface area contributed by atoms with Gasteiger partial charge in [0.15, 0.2) is 5.78 Å². The van der Waals surface area contributed by atoms with Crippen molar-refractivity contribution >= 4 is 29.4 Å². The summed E-state index contributed by atoms with van der Waals surface area (Å²) in [5.41, 5.74) is 0.949. The Labute approximate surface area is 322 Å². The van der Waals surface area contributed by atoms with E-state index in [2.05, 4.69) is 26.2 Å². The number of hydrogen-bond acceptors (Lipinski definition) is 7. The van der Waals surface area contributed by atoms with E-state index in [0.717, 1.165) is 30.8 Å². The third-order valence-corrected chi connectivity index (χ3v) is 10.2. The maximum atomic E-state index is 14.1. The number of amides is 4. The number of epoxide rings is 1. The maximum absolute atomic E-state index is 14.1. The van der Waals surface area contributed by atoms with E-state index in [9.17, 15) is 24.0 Å². The van der Waals surface area contributed by atoms with Crippen LogP contribution < -0.4 is 21.3 Å². The van der Waals surface area contributed by atoms with Gasteiger partial charge < -0.3 is 30.9 Å². The Morgan fingerprint density at radius 1 is 0.685 bits per heavy atom. The largest absolute Gasteiger partial charge is 0.361 e. The lowest BCUT2D eigenvalue weighted by molar-refractivity contribution is -0.135. The number of nitrogens with zero attached hydrogens (tertiary/aromatic N) is 1. The predicted octanol–water partition coefficient (Wildman–Crippen LogP) is 4.52. The highest BCUT2D eigenvalue weighted by atomic mass is 16.6. The van der Waals surface area contributed by atoms with Crippen molar-refractivity contribution in [2.75, 3.05) is 26.2 Å². The van der Waals surface area contributed by atoms with E-state index in [4.69, 9.17) is 4.74 Å². The third-order valence-electron chi connectivity index (χ3n) is 10.2. The fourth-order valence-corrected chi connectivity index (χ4v) is 7.04. The molecule has 2 aliphatic rings. The van der Waals surface area contributed by atoms with Gasteiger partial charge in [-0.25, -0.2) is 0 Å². The number of rotatable bonds is 22. The number of likely N-dealkylation sites (tertiary alicyclic amines) is 1. The Hall–Kier alpha value is -4.09. The van der Waals surface area contributed by atoms with Crippen molar-refractivity contribution in [1.82, 2.24) is 26.2 Å². The van der Waals surface area contributed by atoms with Gasteiger partial charge in [0.05, 0.1) is 12.6 Å². The van der Waals surface area contributed by atoms with E-state index >= 15 is 0 Å². The van der Waals surface area contributed by atoms with Gasteiger partial charge in [-0.05, 0) is 94.5 Å². The first-order valence-electron chi connectivity index (χ1n) is 20.0. The van der Waals surface area contributed by atoms with Crippen LogP contribution in [0, 0.1) is 11.8 Å². The first-order valence-corrected chi connectivity index (χ1v) is 20.0. The number of carbonyl (C=O) groups excluding carboxylic acids is 5. The van der Waals surface area contributed by atoms with Gasteiger partial charge in [-0.1, -0.05) is 94.8 Å². The fourth-order valence-electron chi connectivity index (χ4n) is 7.04. The number of hydrogen-bond donors (Lipinski definition) is 4. The molecule has 4 N–H and O–H groups in total. The van der Waals surface area contributed by atoms with Crippen molar-refractivity contribution in [2.45, 2.75) is 129 Å². The second-order valence-corrected chi connectivity index (χ2v) is 16.2. The lowest BCUT2D eigenvalue weighted by atomic mass is 9.93. The monoisotopic (exact) mass is 745 g/mol. The summed E-state index contributed by atoms with van der Waals surface area (Å²) in [5.74, 6) is -1.66. The molecule has 11 heteroatoms. The second-order valence-electron chi connectivity index (χ2n) is 16.2. The van der Waals surface area contributed by atoms with Crippen molar-refractivity contribution in [2.24, 2.45) is 11.8 Å². The van der Waals surface area contributed by atoms with Crippen LogP contribution in [0.4, 0.5) is 0 Å². The smallest absolute Gasteiger partial charge is 0.243 e. The molecule has 0 bridgehead atoms. The molecule has 2 saturated heterocycles. The molecule has 5 atom stereocenters. The quantitative estimate of drug-likeness (QED) is 0.130. The molecule has 2 aromatic carbocycles. The van der Waals surface area contributed by atoms with Gasteiger partial charge in [0.1, 0.15) is 23.7 Å². The van der Waals surface area contributed by atoms with Crippen LogP contribution in [-0.2, 0) is 41.6 Å². The maximum Gasteiger partial charge on any atom is 0.243 e. The minimum atomic E-state index is -1.02. The number of ether oxygens (including phenoxy) is 1. The molecule has 4 rings (SSSR count). The Morgan fingerprint density at radius 2 is 1.20 bits per heavy atom. The molecule has 2 heterocycles. The molecule has 0 aromatic heterocycles. The molecule has 2 aliphatic heterocycles. The number of aryl methyl sites for hydroxylation is 1. The zero-order valence-electron chi connectivity index (χ0n) is 33.0. The van der Waals surface area contributed by atoms with E-state index in [1.807, 2.05) is 88.4 Å². The summed E-state index contributed by atoms with van der Waals surface area (Å²) in [6, 6.07) is 15.5. The first-order chi connectivity index (χ1) is 25.8. The number of benzene rings is 2. The van der Waals surface area contributed by atoms with E-state index in [0.29, 0.717) is 45.1 Å². The molecule has 4 amide bonds. The van der Waals surface area contributed by atoms with E-state index < -0.39 is 47.5 Å². The van der Waals surface area contributed by atoms with E-state index in [1.165, 1.54) is 19.3 Å². The third kappa shape index (κ3) is 14.3. The minimum absolute atomic E-state index is 0.0296. The van der Waals surface area contributed by atoms with Gasteiger partial charge in [0.25, 0.3) is 0 Å². The van der Waals surface area contributed by atoms with Gasteiger partial charge in [0.2, 0.25) is 23.6 Å². The van der Waals surface area contributed by atoms with Crippen LogP contribution in [0.5, 0.6) is 0 Å². The lowest BCUT2D eigenvalue weighted by Crippen LogP contribution is -2.59. The number of Topliss-reactive ketones (excluding diaryl/α,β-unsaturated/α-hetero) is 1. The average Bonchev–Trinajstić information content (AvgIpc) is 3.91. The highest BCUT2D eigenvalue weighted by Gasteiger charge is 2.50. The summed E-state index contributed by atoms with van der Waals surface area (Å²) < 4.78 is 5.42. The Kier molecular flexibility index (Phi) is 16.7. The molecule has 0 unspecified atom stereocenters. The molecule has 2 aromatic rings. The molecular formula is C43H63N5O6. The predicted molar refractivity (Wildman–Crippen MR) is 210 cm³/mol. The van der Waals surface area contributed by atoms with Crippen LogP contribution in [0.1, 0.15) is 97.1 Å². The number of carbonyl (C=O) groups is 5. The van der Waals surface area contributed by atoms with Gasteiger partial charge in [-0.15, -0.1) is 0 Å². The molecule has 2 fully saturated rings. The van der Waals surface area contributed by atoms with Gasteiger partial charge in [0, 0.05) is 12.8 Å². The van der Waals surface area contributed by atoms with Gasteiger partial charge in [-0.2, -0.15) is 0 Å². The number of nitrogens with one attached hydrogen (secondary N) is 4. The van der Waals surface area contributed by atoms with Gasteiger partial charge in [-0.3, -0.25) is 24.0 Å². The second kappa shape index (κ2) is 21.1. The van der Waals surface area contributed by atoms with Crippen molar-refractivity contribution in [1.29, 1.82) is 0 Å². The molecule has 0 radical (unpaired) electrons. The molecule has 54 heavy (non-hydrogen) atoms. The zero-order valence-corrected chi connectivity index (χ0v) is 33.0. The van der Waals surface area contributed by atoms with Crippen LogP contribution >= 0.6 is 0 Å². The fraction of sp³-hybridized carbons (Fsp3) is 0.605. The van der Waals surface area contributed by atoms with Crippen LogP contribution in [-0.4, -0.2) is 90.3 Å². The highest BCUT2D eigenvalue weighted by Crippen LogP contribution is 2.29. The van der Waals surface area contributed by atoms with Crippen molar-refractivity contribution < 1.29 is 28.7 Å². The normalized spacial score (nSPS) is 19.3. The SMILES string of the molecule is CC(C)C[C@H](NC(=O)[C@H](CCc1ccccc1)NC(=O)CCCN1CCCCC1)C(=O)N[C@@H](Cc1ccccc1)C(=O)N[C@@H](CC(C)C)C(=O)[C@]1(C)CO1. The van der Waals surface area contributed by atoms with Crippen molar-refractivity contribution in [3.05, 3.63) is 71.8 Å². The molecule has 0 aliphatic carbocycles. The lowest BCUT2D eigenvalue weighted by Gasteiger charge is -2.28. The summed E-state index contributed by atoms with van der Waals surface area (Å²) in [7, 11) is 0. The van der Waals surface area contributed by atoms with Gasteiger partial charge >= 0.3 is 0 Å². The summed E-state index contributed by atoms with van der Waals surface area (Å²) in [6.07, 6.45) is 6.48. The Morgan fingerprint density at radius 3 is 1.80 bits per heavy atom. The summed E-state index contributed by atoms with van der Waals surface area (Å²) in [5, 5.41) is 11.8. The van der Waals surface area contributed by atoms with Crippen LogP contribution in [0.2, 0.25) is 0 Å². The summed E-state index contributed by atoms with van der Waals surface area (Å²) >= 11 is 0. The van der Waals surface area contributed by atoms with Crippen LogP contribution in [0.25, 0.3) is 0 Å². The van der Waals surface area contributed by atoms with Crippen molar-refractivity contribution in [3.63, 3.8) is 0 Å². The Balaban J connectivity index is 1.48. The highest BCUT2D eigenvalue weighted by molar-refractivity contribution is 5.98. The first kappa shape index (κ1) is 42.6. The number of ketones is 1. The topological polar surface area (TPSA) is 149 Å². The molecule has 11 nitrogen and oxygen atoms in total. The molecule has 0 spiro atoms. The summed E-state index contributed by atoms with van der Waals surface area (Å²) in [4.78, 5) is 71.1. The Bertz CT molecular complexity index is 1510. The zero-order chi connectivity index (χ0) is 39.1. The average molecular weight is 746 g/mol. The standard InChI is InChI=1S/C43H63N5O6/c1-30(2)26-35(39(50)43(5)29-54-43)45-42(53)37(28-33-18-11-7-12-19-33)47-41(52)36(27-31(3)4)46-40(51)34(22-21-32-16-9-6-10-17-32)44-38(49)20-15-25-48-23-13-8-14-24-48/h6-7,9-12,16-19,30-31,34-37H,8,13-15,20-29H2,1-5H3,(H,44,49)(H,45,53)(H,46,51)(H,47,52)/t34-,35-,36-,37-,43-/m0/s1.